The average molecular weight is 523 g/mol. The van der Waals surface area contributed by atoms with Gasteiger partial charge in [0.15, 0.2) is 11.4 Å². The summed E-state index contributed by atoms with van der Waals surface area (Å²) in [4.78, 5) is 40.6. The molecule has 5 rings (SSSR count). The van der Waals surface area contributed by atoms with Crippen LogP contribution in [0.1, 0.15) is 39.1 Å². The minimum Gasteiger partial charge on any atom is -0.493 e. The van der Waals surface area contributed by atoms with Gasteiger partial charge < -0.3 is 24.6 Å². The van der Waals surface area contributed by atoms with Gasteiger partial charge in [-0.05, 0) is 47.1 Å². The lowest BCUT2D eigenvalue weighted by Gasteiger charge is -2.41. The van der Waals surface area contributed by atoms with Gasteiger partial charge in [-0.1, -0.05) is 0 Å². The summed E-state index contributed by atoms with van der Waals surface area (Å²) in [6, 6.07) is 3.41. The molecule has 1 N–H and O–H groups in total. The maximum Gasteiger partial charge on any atom is 0.410 e. The van der Waals surface area contributed by atoms with Gasteiger partial charge in [0.2, 0.25) is 0 Å². The SMILES string of the molecule is COc1cn2nc(C)nc2cc1NC(=O)N1CCc2c(N3CCN(C(=O)OC(C)(C)C)[C@H](C)C3)ccnc21. The molecule has 3 aromatic rings. The second-order valence-electron chi connectivity index (χ2n) is 10.7. The molecular weight excluding hydrogens is 488 g/mol. The highest BCUT2D eigenvalue weighted by Crippen LogP contribution is 2.36. The Morgan fingerprint density at radius 1 is 1.18 bits per heavy atom. The van der Waals surface area contributed by atoms with E-state index in [4.69, 9.17) is 9.47 Å². The lowest BCUT2D eigenvalue weighted by atomic mass is 10.1. The van der Waals surface area contributed by atoms with Gasteiger partial charge in [0.05, 0.1) is 19.0 Å². The number of nitrogens with zero attached hydrogens (tertiary/aromatic N) is 7. The van der Waals surface area contributed by atoms with Gasteiger partial charge in [0, 0.05) is 55.7 Å². The normalized spacial score (nSPS) is 17.5. The summed E-state index contributed by atoms with van der Waals surface area (Å²) >= 11 is 0. The lowest BCUT2D eigenvalue weighted by Crippen LogP contribution is -2.55. The smallest absolute Gasteiger partial charge is 0.410 e. The van der Waals surface area contributed by atoms with Crippen LogP contribution in [-0.2, 0) is 11.2 Å². The highest BCUT2D eigenvalue weighted by atomic mass is 16.6. The molecule has 3 aromatic heterocycles. The first-order valence-corrected chi connectivity index (χ1v) is 12.8. The fraction of sp³-hybridized carbons (Fsp3) is 0.500. The van der Waals surface area contributed by atoms with Crippen molar-refractivity contribution in [3.8, 4) is 5.75 Å². The van der Waals surface area contributed by atoms with E-state index < -0.39 is 5.60 Å². The van der Waals surface area contributed by atoms with Crippen molar-refractivity contribution in [3.63, 3.8) is 0 Å². The van der Waals surface area contributed by atoms with Crippen molar-refractivity contribution in [2.45, 2.75) is 52.7 Å². The summed E-state index contributed by atoms with van der Waals surface area (Å²) in [7, 11) is 1.54. The molecule has 38 heavy (non-hydrogen) atoms. The third-order valence-corrected chi connectivity index (χ3v) is 6.69. The van der Waals surface area contributed by atoms with Crippen LogP contribution in [0.4, 0.5) is 26.8 Å². The zero-order valence-corrected chi connectivity index (χ0v) is 22.7. The number of aryl methyl sites for hydroxylation is 1. The van der Waals surface area contributed by atoms with Crippen molar-refractivity contribution in [1.29, 1.82) is 0 Å². The quantitative estimate of drug-likeness (QED) is 0.556. The molecule has 12 heteroatoms. The van der Waals surface area contributed by atoms with Crippen LogP contribution < -0.4 is 19.9 Å². The third-order valence-electron chi connectivity index (χ3n) is 6.69. The van der Waals surface area contributed by atoms with Crippen LogP contribution in [-0.4, -0.2) is 81.5 Å². The van der Waals surface area contributed by atoms with Crippen molar-refractivity contribution in [1.82, 2.24) is 24.5 Å². The highest BCUT2D eigenvalue weighted by molar-refractivity contribution is 6.04. The number of pyridine rings is 2. The predicted octanol–water partition coefficient (Wildman–Crippen LogP) is 3.48. The van der Waals surface area contributed by atoms with Crippen LogP contribution in [0, 0.1) is 6.92 Å². The summed E-state index contributed by atoms with van der Waals surface area (Å²) in [5, 5.41) is 7.26. The van der Waals surface area contributed by atoms with E-state index in [1.807, 2.05) is 33.8 Å². The summed E-state index contributed by atoms with van der Waals surface area (Å²) in [5.41, 5.74) is 2.65. The summed E-state index contributed by atoms with van der Waals surface area (Å²) in [5.74, 6) is 1.75. The number of carbonyl (C=O) groups excluding carboxylic acids is 2. The molecule has 12 nitrogen and oxygen atoms in total. The molecule has 1 atom stereocenters. The Bertz CT molecular complexity index is 1380. The number of carbonyl (C=O) groups is 2. The van der Waals surface area contributed by atoms with Crippen LogP contribution in [0.15, 0.2) is 24.5 Å². The zero-order valence-electron chi connectivity index (χ0n) is 22.7. The fourth-order valence-electron chi connectivity index (χ4n) is 5.00. The Balaban J connectivity index is 1.32. The number of methoxy groups -OCH3 is 1. The second kappa shape index (κ2) is 9.66. The van der Waals surface area contributed by atoms with Gasteiger partial charge >= 0.3 is 12.1 Å². The van der Waals surface area contributed by atoms with E-state index in [-0.39, 0.29) is 18.2 Å². The monoisotopic (exact) mass is 522 g/mol. The minimum absolute atomic E-state index is 0.0219. The number of urea groups is 1. The molecular formula is C26H34N8O4. The summed E-state index contributed by atoms with van der Waals surface area (Å²) in [6.07, 6.45) is 3.82. The number of aromatic nitrogens is 4. The second-order valence-corrected chi connectivity index (χ2v) is 10.7. The van der Waals surface area contributed by atoms with Crippen molar-refractivity contribution < 1.29 is 19.1 Å². The van der Waals surface area contributed by atoms with Crippen molar-refractivity contribution >= 4 is 35.0 Å². The molecule has 0 bridgehead atoms. The number of piperazine rings is 1. The van der Waals surface area contributed by atoms with Crippen molar-refractivity contribution in [2.24, 2.45) is 0 Å². The number of anilines is 3. The molecule has 1 fully saturated rings. The molecule has 3 amide bonds. The maximum atomic E-state index is 13.4. The predicted molar refractivity (Wildman–Crippen MR) is 143 cm³/mol. The summed E-state index contributed by atoms with van der Waals surface area (Å²) in [6.45, 7) is 11.8. The number of rotatable bonds is 3. The van der Waals surface area contributed by atoms with E-state index in [9.17, 15) is 9.59 Å². The standard InChI is InChI=1S/C26H34N8O4/c1-16-14-31(11-12-32(16)25(36)38-26(3,4)5)20-7-9-27-23-18(20)8-10-33(23)24(35)29-19-13-22-28-17(2)30-34(22)15-21(19)37-6/h7,9,13,15-16H,8,10-12,14H2,1-6H3,(H,29,35)/t16-/m1/s1. The molecule has 0 unspecified atom stereocenters. The van der Waals surface area contributed by atoms with Gasteiger partial charge in [0.25, 0.3) is 0 Å². The number of amides is 3. The highest BCUT2D eigenvalue weighted by Gasteiger charge is 2.34. The lowest BCUT2D eigenvalue weighted by molar-refractivity contribution is 0.0159. The fourth-order valence-corrected chi connectivity index (χ4v) is 5.00. The van der Waals surface area contributed by atoms with Crippen LogP contribution in [0.3, 0.4) is 0 Å². The number of hydrogen-bond donors (Lipinski definition) is 1. The number of ether oxygens (including phenoxy) is 2. The number of fused-ring (bicyclic) bond motifs is 2. The van der Waals surface area contributed by atoms with Crippen LogP contribution in [0.25, 0.3) is 5.65 Å². The Kier molecular flexibility index (Phi) is 6.49. The van der Waals surface area contributed by atoms with Crippen LogP contribution >= 0.6 is 0 Å². The van der Waals surface area contributed by atoms with E-state index in [0.717, 1.165) is 11.3 Å². The molecule has 0 spiro atoms. The molecule has 2 aliphatic rings. The van der Waals surface area contributed by atoms with E-state index in [1.54, 1.807) is 46.8 Å². The molecule has 0 aromatic carbocycles. The molecule has 5 heterocycles. The Labute approximate surface area is 221 Å². The molecule has 1 saturated heterocycles. The van der Waals surface area contributed by atoms with E-state index in [1.165, 1.54) is 0 Å². The molecule has 2 aliphatic heterocycles. The molecule has 202 valence electrons. The van der Waals surface area contributed by atoms with Crippen molar-refractivity contribution in [2.75, 3.05) is 48.4 Å². The van der Waals surface area contributed by atoms with Gasteiger partial charge in [-0.25, -0.2) is 24.1 Å². The number of nitrogens with one attached hydrogen (secondary N) is 1. The van der Waals surface area contributed by atoms with Gasteiger partial charge in [-0.3, -0.25) is 4.90 Å². The largest absolute Gasteiger partial charge is 0.493 e. The Morgan fingerprint density at radius 2 is 1.97 bits per heavy atom. The summed E-state index contributed by atoms with van der Waals surface area (Å²) < 4.78 is 12.7. The van der Waals surface area contributed by atoms with E-state index >= 15 is 0 Å². The average Bonchev–Trinajstić information content (AvgIpc) is 3.44. The Hall–Kier alpha value is -4.09. The minimum atomic E-state index is -0.534. The molecule has 0 aliphatic carbocycles. The Morgan fingerprint density at radius 3 is 2.68 bits per heavy atom. The van der Waals surface area contributed by atoms with Gasteiger partial charge in [-0.2, -0.15) is 5.10 Å². The first-order chi connectivity index (χ1) is 18.0. The topological polar surface area (TPSA) is 117 Å². The third kappa shape index (κ3) is 4.90. The van der Waals surface area contributed by atoms with E-state index in [2.05, 4.69) is 25.3 Å². The zero-order chi connectivity index (χ0) is 27.2. The van der Waals surface area contributed by atoms with Gasteiger partial charge in [0.1, 0.15) is 17.2 Å². The first-order valence-electron chi connectivity index (χ1n) is 12.8. The van der Waals surface area contributed by atoms with Crippen LogP contribution in [0.5, 0.6) is 5.75 Å². The molecule has 0 radical (unpaired) electrons. The van der Waals surface area contributed by atoms with Crippen molar-refractivity contribution in [3.05, 3.63) is 35.9 Å². The van der Waals surface area contributed by atoms with Gasteiger partial charge in [-0.15, -0.1) is 0 Å². The molecule has 0 saturated carbocycles. The number of hydrogen-bond acceptors (Lipinski definition) is 8. The maximum absolute atomic E-state index is 13.4. The van der Waals surface area contributed by atoms with E-state index in [0.29, 0.717) is 61.3 Å². The van der Waals surface area contributed by atoms with Crippen LogP contribution in [0.2, 0.25) is 0 Å². The first kappa shape index (κ1) is 25.6.